The highest BCUT2D eigenvalue weighted by Crippen LogP contribution is 2.39. The molecule has 1 aliphatic rings. The van der Waals surface area contributed by atoms with Gasteiger partial charge in [0.1, 0.15) is 0 Å². The molecule has 0 bridgehead atoms. The SMILES string of the molecule is Cn1cc(-c2nc3cccc(B4OC(C)(C)C(C)(C)O4)c3cc2C(F)(F)F)cn1. The highest BCUT2D eigenvalue weighted by atomic mass is 19.4. The smallest absolute Gasteiger partial charge is 0.399 e. The third-order valence-corrected chi connectivity index (χ3v) is 5.68. The van der Waals surface area contributed by atoms with E-state index in [1.54, 1.807) is 25.2 Å². The fraction of sp³-hybridized carbons (Fsp3) is 0.400. The van der Waals surface area contributed by atoms with Crippen LogP contribution in [0.2, 0.25) is 0 Å². The lowest BCUT2D eigenvalue weighted by Crippen LogP contribution is -2.41. The van der Waals surface area contributed by atoms with Gasteiger partial charge in [-0.2, -0.15) is 18.3 Å². The molecule has 4 rings (SSSR count). The van der Waals surface area contributed by atoms with Gasteiger partial charge < -0.3 is 9.31 Å². The number of aromatic nitrogens is 3. The third kappa shape index (κ3) is 3.32. The van der Waals surface area contributed by atoms with Crippen molar-refractivity contribution >= 4 is 23.5 Å². The van der Waals surface area contributed by atoms with E-state index < -0.39 is 30.1 Å². The van der Waals surface area contributed by atoms with Crippen LogP contribution in [-0.2, 0) is 22.5 Å². The zero-order valence-corrected chi connectivity index (χ0v) is 16.8. The molecule has 3 aromatic rings. The minimum absolute atomic E-state index is 0.149. The molecule has 0 atom stereocenters. The molecule has 152 valence electrons. The first kappa shape index (κ1) is 19.9. The van der Waals surface area contributed by atoms with Crippen LogP contribution in [0, 0.1) is 0 Å². The molecule has 0 spiro atoms. The predicted octanol–water partition coefficient (Wildman–Crippen LogP) is 3.95. The van der Waals surface area contributed by atoms with Crippen molar-refractivity contribution in [3.63, 3.8) is 0 Å². The van der Waals surface area contributed by atoms with Gasteiger partial charge in [0.25, 0.3) is 0 Å². The van der Waals surface area contributed by atoms with E-state index in [4.69, 9.17) is 9.31 Å². The predicted molar refractivity (Wildman–Crippen MR) is 105 cm³/mol. The van der Waals surface area contributed by atoms with E-state index in [1.165, 1.54) is 17.1 Å². The second kappa shape index (κ2) is 6.30. The Morgan fingerprint density at radius 2 is 1.72 bits per heavy atom. The summed E-state index contributed by atoms with van der Waals surface area (Å²) < 4.78 is 55.2. The second-order valence-electron chi connectivity index (χ2n) is 8.29. The van der Waals surface area contributed by atoms with Crippen molar-refractivity contribution < 1.29 is 22.5 Å². The number of hydrogen-bond acceptors (Lipinski definition) is 4. The van der Waals surface area contributed by atoms with Gasteiger partial charge in [0.2, 0.25) is 0 Å². The first-order valence-electron chi connectivity index (χ1n) is 9.24. The summed E-state index contributed by atoms with van der Waals surface area (Å²) in [5, 5.41) is 4.33. The van der Waals surface area contributed by atoms with Gasteiger partial charge in [0, 0.05) is 24.2 Å². The summed E-state index contributed by atoms with van der Waals surface area (Å²) in [6, 6.07) is 6.28. The lowest BCUT2D eigenvalue weighted by Gasteiger charge is -2.32. The summed E-state index contributed by atoms with van der Waals surface area (Å²) in [5.41, 5.74) is -0.902. The Morgan fingerprint density at radius 1 is 1.07 bits per heavy atom. The van der Waals surface area contributed by atoms with Crippen molar-refractivity contribution in [2.75, 3.05) is 0 Å². The van der Waals surface area contributed by atoms with Gasteiger partial charge >= 0.3 is 13.3 Å². The third-order valence-electron chi connectivity index (χ3n) is 5.68. The summed E-state index contributed by atoms with van der Waals surface area (Å²) in [6.45, 7) is 7.60. The first-order chi connectivity index (χ1) is 13.4. The summed E-state index contributed by atoms with van der Waals surface area (Å²) in [5.74, 6) is 0. The van der Waals surface area contributed by atoms with Crippen molar-refractivity contribution in [3.05, 3.63) is 42.2 Å². The van der Waals surface area contributed by atoms with E-state index in [-0.39, 0.29) is 5.69 Å². The van der Waals surface area contributed by atoms with Crippen LogP contribution in [-0.4, -0.2) is 33.1 Å². The Bertz CT molecular complexity index is 1080. The Hall–Kier alpha value is -2.39. The zero-order valence-electron chi connectivity index (χ0n) is 16.8. The van der Waals surface area contributed by atoms with E-state index in [0.717, 1.165) is 6.07 Å². The molecular formula is C20H21BF3N3O2. The number of hydrogen-bond donors (Lipinski definition) is 0. The maximum atomic E-state index is 13.9. The van der Waals surface area contributed by atoms with E-state index >= 15 is 0 Å². The highest BCUT2D eigenvalue weighted by molar-refractivity contribution is 6.65. The molecule has 1 saturated heterocycles. The summed E-state index contributed by atoms with van der Waals surface area (Å²) >= 11 is 0. The molecule has 9 heteroatoms. The molecule has 29 heavy (non-hydrogen) atoms. The highest BCUT2D eigenvalue weighted by Gasteiger charge is 2.52. The van der Waals surface area contributed by atoms with Gasteiger partial charge in [0.15, 0.2) is 0 Å². The van der Waals surface area contributed by atoms with Crippen LogP contribution >= 0.6 is 0 Å². The lowest BCUT2D eigenvalue weighted by atomic mass is 9.76. The quantitative estimate of drug-likeness (QED) is 0.608. The average Bonchev–Trinajstić information content (AvgIpc) is 3.12. The topological polar surface area (TPSA) is 49.2 Å². The van der Waals surface area contributed by atoms with Crippen LogP contribution in [0.25, 0.3) is 22.2 Å². The lowest BCUT2D eigenvalue weighted by molar-refractivity contribution is -0.137. The number of alkyl halides is 3. The minimum Gasteiger partial charge on any atom is -0.399 e. The van der Waals surface area contributed by atoms with Crippen molar-refractivity contribution in [1.82, 2.24) is 14.8 Å². The molecule has 5 nitrogen and oxygen atoms in total. The molecular weight excluding hydrogens is 382 g/mol. The normalized spacial score (nSPS) is 18.6. The maximum Gasteiger partial charge on any atom is 0.495 e. The average molecular weight is 403 g/mol. The largest absolute Gasteiger partial charge is 0.495 e. The van der Waals surface area contributed by atoms with Crippen molar-refractivity contribution in [2.45, 2.75) is 45.1 Å². The Kier molecular flexibility index (Phi) is 4.33. The number of benzene rings is 1. The van der Waals surface area contributed by atoms with Gasteiger partial charge in [-0.3, -0.25) is 4.68 Å². The summed E-state index contributed by atoms with van der Waals surface area (Å²) in [6.07, 6.45) is -1.68. The molecule has 0 N–H and O–H groups in total. The van der Waals surface area contributed by atoms with Crippen LogP contribution in [0.1, 0.15) is 33.3 Å². The molecule has 1 aliphatic heterocycles. The number of pyridine rings is 1. The van der Waals surface area contributed by atoms with Gasteiger partial charge in [-0.25, -0.2) is 4.98 Å². The van der Waals surface area contributed by atoms with Crippen LogP contribution in [0.5, 0.6) is 0 Å². The fourth-order valence-corrected chi connectivity index (χ4v) is 3.37. The Labute approximate surface area is 167 Å². The molecule has 0 aliphatic carbocycles. The van der Waals surface area contributed by atoms with Gasteiger partial charge in [-0.1, -0.05) is 12.1 Å². The summed E-state index contributed by atoms with van der Waals surface area (Å²) in [7, 11) is 0.865. The number of fused-ring (bicyclic) bond motifs is 1. The van der Waals surface area contributed by atoms with E-state index in [9.17, 15) is 13.2 Å². The zero-order chi connectivity index (χ0) is 21.2. The van der Waals surface area contributed by atoms with Gasteiger partial charge in [0.05, 0.1) is 34.2 Å². The summed E-state index contributed by atoms with van der Waals surface area (Å²) in [4.78, 5) is 4.35. The second-order valence-corrected chi connectivity index (χ2v) is 8.29. The minimum atomic E-state index is -4.57. The van der Waals surface area contributed by atoms with Crippen molar-refractivity contribution in [2.24, 2.45) is 7.05 Å². The molecule has 0 amide bonds. The monoisotopic (exact) mass is 403 g/mol. The maximum absolute atomic E-state index is 13.9. The Morgan fingerprint density at radius 3 is 2.28 bits per heavy atom. The van der Waals surface area contributed by atoms with E-state index in [0.29, 0.717) is 21.9 Å². The molecule has 1 aromatic carbocycles. The van der Waals surface area contributed by atoms with Crippen LogP contribution in [0.15, 0.2) is 36.7 Å². The van der Waals surface area contributed by atoms with Crippen LogP contribution in [0.3, 0.4) is 0 Å². The number of rotatable bonds is 2. The number of aryl methyl sites for hydroxylation is 1. The Balaban J connectivity index is 1.92. The molecule has 0 saturated carbocycles. The van der Waals surface area contributed by atoms with E-state index in [1.807, 2.05) is 27.7 Å². The molecule has 3 heterocycles. The first-order valence-corrected chi connectivity index (χ1v) is 9.24. The fourth-order valence-electron chi connectivity index (χ4n) is 3.37. The standard InChI is InChI=1S/C20H21BF3N3O2/c1-18(2)19(3,4)29-21(28-18)15-7-6-8-16-13(15)9-14(20(22,23)24)17(26-16)12-10-25-27(5)11-12/h6-11H,1-5H3. The van der Waals surface area contributed by atoms with Crippen LogP contribution in [0.4, 0.5) is 13.2 Å². The van der Waals surface area contributed by atoms with E-state index in [2.05, 4.69) is 10.1 Å². The molecule has 1 fully saturated rings. The number of nitrogens with zero attached hydrogens (tertiary/aromatic N) is 3. The molecule has 2 aromatic heterocycles. The van der Waals surface area contributed by atoms with Crippen LogP contribution < -0.4 is 5.46 Å². The van der Waals surface area contributed by atoms with Crippen molar-refractivity contribution in [3.8, 4) is 11.3 Å². The molecule has 0 unspecified atom stereocenters. The van der Waals surface area contributed by atoms with Gasteiger partial charge in [-0.05, 0) is 45.3 Å². The van der Waals surface area contributed by atoms with Crippen molar-refractivity contribution in [1.29, 1.82) is 0 Å². The number of halogens is 3. The van der Waals surface area contributed by atoms with Gasteiger partial charge in [-0.15, -0.1) is 0 Å². The molecule has 0 radical (unpaired) electrons.